The quantitative estimate of drug-likeness (QED) is 0.145. The van der Waals surface area contributed by atoms with Crippen LogP contribution in [0.15, 0.2) is 94.2 Å². The van der Waals surface area contributed by atoms with Crippen molar-refractivity contribution < 1.29 is 23.7 Å². The summed E-state index contributed by atoms with van der Waals surface area (Å²) >= 11 is 3.51. The maximum absolute atomic E-state index is 14.2. The van der Waals surface area contributed by atoms with Crippen molar-refractivity contribution in [1.29, 1.82) is 0 Å². The fraction of sp³-hybridized carbons (Fsp3) is 0.125. The smallest absolute Gasteiger partial charge is 0.355 e. The number of nitrogens with zero attached hydrogens (tertiary/aromatic N) is 1. The molecule has 0 aliphatic heterocycles. The first kappa shape index (κ1) is 30.5. The summed E-state index contributed by atoms with van der Waals surface area (Å²) < 4.78 is 24.4. The maximum Gasteiger partial charge on any atom is 0.355 e. The number of methoxy groups -OCH3 is 3. The van der Waals surface area contributed by atoms with E-state index in [1.165, 1.54) is 25.9 Å². The van der Waals surface area contributed by atoms with Crippen LogP contribution in [0, 0.1) is 0 Å². The third kappa shape index (κ3) is 5.79. The number of fused-ring (bicyclic) bond motifs is 1. The van der Waals surface area contributed by atoms with Gasteiger partial charge in [-0.25, -0.2) is 4.79 Å². The molecular weight excluding hydrogens is 624 g/mol. The second kappa shape index (κ2) is 13.0. The Balaban J connectivity index is 0.00000405. The molecule has 216 valence electrons. The predicted molar refractivity (Wildman–Crippen MR) is 170 cm³/mol. The highest BCUT2D eigenvalue weighted by Crippen LogP contribution is 2.42. The number of hydrogen-bond acceptors (Lipinski definition) is 7. The van der Waals surface area contributed by atoms with Crippen molar-refractivity contribution >= 4 is 50.8 Å². The normalized spacial score (nSPS) is 10.6. The Morgan fingerprint density at radius 3 is 2.10 bits per heavy atom. The fourth-order valence-corrected chi connectivity index (χ4v) is 5.23. The summed E-state index contributed by atoms with van der Waals surface area (Å²) in [6.07, 6.45) is 0. The van der Waals surface area contributed by atoms with Crippen molar-refractivity contribution in [1.82, 2.24) is 4.57 Å². The summed E-state index contributed by atoms with van der Waals surface area (Å²) in [5.74, 6) is 0.777. The van der Waals surface area contributed by atoms with Gasteiger partial charge >= 0.3 is 5.97 Å². The lowest BCUT2D eigenvalue weighted by Gasteiger charge is -2.20. The Labute approximate surface area is 257 Å². The summed E-state index contributed by atoms with van der Waals surface area (Å²) in [5, 5.41) is 0.872. The number of carbonyl (C=O) groups excluding carboxylic acids is 1. The van der Waals surface area contributed by atoms with Gasteiger partial charge in [0.05, 0.1) is 26.7 Å². The molecule has 0 atom stereocenters. The summed E-state index contributed by atoms with van der Waals surface area (Å²) in [6, 6.07) is 25.2. The highest BCUT2D eigenvalue weighted by atomic mass is 79.9. The van der Waals surface area contributed by atoms with Crippen LogP contribution in [0.1, 0.15) is 16.1 Å². The molecule has 8 nitrogen and oxygen atoms in total. The van der Waals surface area contributed by atoms with E-state index in [0.717, 1.165) is 5.56 Å². The van der Waals surface area contributed by atoms with Gasteiger partial charge in [-0.2, -0.15) is 0 Å². The molecule has 1 heterocycles. The van der Waals surface area contributed by atoms with Gasteiger partial charge < -0.3 is 24.7 Å². The van der Waals surface area contributed by atoms with Crippen LogP contribution in [-0.4, -0.2) is 31.9 Å². The minimum Gasteiger partial charge on any atom is -0.495 e. The number of nitrogen functional groups attached to an aromatic ring is 1. The van der Waals surface area contributed by atoms with E-state index in [4.69, 9.17) is 24.7 Å². The molecule has 0 radical (unpaired) electrons. The minimum atomic E-state index is -0.693. The van der Waals surface area contributed by atoms with Crippen LogP contribution in [0.3, 0.4) is 0 Å². The number of carbonyl (C=O) groups is 1. The largest absolute Gasteiger partial charge is 0.495 e. The molecule has 2 N–H and O–H groups in total. The van der Waals surface area contributed by atoms with Crippen LogP contribution in [0.2, 0.25) is 0 Å². The van der Waals surface area contributed by atoms with Gasteiger partial charge in [-0.1, -0.05) is 30.3 Å². The van der Waals surface area contributed by atoms with E-state index in [0.29, 0.717) is 61.6 Å². The third-order valence-corrected chi connectivity index (χ3v) is 7.45. The molecule has 5 aromatic rings. The Bertz CT molecular complexity index is 1780. The van der Waals surface area contributed by atoms with E-state index in [1.54, 1.807) is 54.6 Å². The molecule has 0 amide bonds. The van der Waals surface area contributed by atoms with Crippen LogP contribution in [-0.2, 0) is 11.3 Å². The van der Waals surface area contributed by atoms with E-state index in [-0.39, 0.29) is 18.1 Å². The predicted octanol–water partition coefficient (Wildman–Crippen LogP) is 6.81. The number of ether oxygens (including phenoxy) is 4. The number of hydrogen-bond donors (Lipinski definition) is 1. The summed E-state index contributed by atoms with van der Waals surface area (Å²) in [7, 11) is 4.35. The second-order valence-corrected chi connectivity index (χ2v) is 9.92. The first-order chi connectivity index (χ1) is 19.9. The molecule has 1 aromatic heterocycles. The molecule has 0 aliphatic rings. The van der Waals surface area contributed by atoms with Crippen LogP contribution in [0.5, 0.6) is 17.2 Å². The Morgan fingerprint density at radius 2 is 1.50 bits per heavy atom. The van der Waals surface area contributed by atoms with Gasteiger partial charge in [-0.3, -0.25) is 9.36 Å². The number of halogens is 2. The van der Waals surface area contributed by atoms with Crippen molar-refractivity contribution in [2.45, 2.75) is 6.61 Å². The van der Waals surface area contributed by atoms with Crippen molar-refractivity contribution in [3.8, 4) is 34.1 Å². The molecule has 0 fully saturated rings. The SMILES string of the molecule is COC(=O)c1c(-c2cc(OC)c(Br)c(OC)c2)c2ccc(OCc3ccccc3)cc2c(=O)n1-c1ccc(N)cc1.Cl. The first-order valence-electron chi connectivity index (χ1n) is 12.6. The second-order valence-electron chi connectivity index (χ2n) is 9.12. The average molecular weight is 652 g/mol. The van der Waals surface area contributed by atoms with Gasteiger partial charge in [-0.15, -0.1) is 12.4 Å². The van der Waals surface area contributed by atoms with E-state index < -0.39 is 11.5 Å². The van der Waals surface area contributed by atoms with Crippen LogP contribution < -0.4 is 25.5 Å². The Hall–Kier alpha value is -4.47. The lowest BCUT2D eigenvalue weighted by atomic mass is 9.95. The maximum atomic E-state index is 14.2. The van der Waals surface area contributed by atoms with Gasteiger partial charge in [0, 0.05) is 16.9 Å². The Kier molecular flexibility index (Phi) is 9.45. The molecule has 42 heavy (non-hydrogen) atoms. The molecule has 10 heteroatoms. The Morgan fingerprint density at radius 1 is 0.857 bits per heavy atom. The minimum absolute atomic E-state index is 0. The standard InChI is InChI=1S/C32H27BrN2O6.ClH/c1-38-26-15-20(16-27(39-2)29(26)33)28-24-14-13-23(41-18-19-7-5-4-6-8-19)17-25(24)31(36)35(30(28)32(37)40-3)22-11-9-21(34)10-12-22;/h4-17H,18,34H2,1-3H3;1H. The van der Waals surface area contributed by atoms with Gasteiger partial charge in [0.1, 0.15) is 34.0 Å². The molecule has 0 unspecified atom stereocenters. The monoisotopic (exact) mass is 650 g/mol. The van der Waals surface area contributed by atoms with E-state index >= 15 is 0 Å². The van der Waals surface area contributed by atoms with Gasteiger partial charge in [-0.05, 0) is 87.0 Å². The van der Waals surface area contributed by atoms with E-state index in [2.05, 4.69) is 15.9 Å². The van der Waals surface area contributed by atoms with E-state index in [1.807, 2.05) is 30.3 Å². The molecule has 0 saturated carbocycles. The molecule has 0 spiro atoms. The summed E-state index contributed by atoms with van der Waals surface area (Å²) in [6.45, 7) is 0.326. The van der Waals surface area contributed by atoms with Gasteiger partial charge in [0.15, 0.2) is 0 Å². The number of pyridine rings is 1. The zero-order valence-electron chi connectivity index (χ0n) is 23.1. The lowest BCUT2D eigenvalue weighted by molar-refractivity contribution is 0.0591. The van der Waals surface area contributed by atoms with Gasteiger partial charge in [0.2, 0.25) is 0 Å². The van der Waals surface area contributed by atoms with Crippen molar-refractivity contribution in [3.63, 3.8) is 0 Å². The molecule has 0 bridgehead atoms. The molecule has 0 aliphatic carbocycles. The highest BCUT2D eigenvalue weighted by molar-refractivity contribution is 9.10. The number of esters is 1. The van der Waals surface area contributed by atoms with Crippen molar-refractivity contribution in [2.75, 3.05) is 27.1 Å². The number of anilines is 1. The summed E-state index contributed by atoms with van der Waals surface area (Å²) in [4.78, 5) is 27.6. The van der Waals surface area contributed by atoms with Crippen LogP contribution in [0.25, 0.3) is 27.6 Å². The molecule has 5 rings (SSSR count). The van der Waals surface area contributed by atoms with Crippen LogP contribution >= 0.6 is 28.3 Å². The van der Waals surface area contributed by atoms with Crippen molar-refractivity contribution in [2.24, 2.45) is 0 Å². The average Bonchev–Trinajstić information content (AvgIpc) is 3.01. The zero-order chi connectivity index (χ0) is 29.1. The van der Waals surface area contributed by atoms with E-state index in [9.17, 15) is 9.59 Å². The number of rotatable bonds is 8. The molecule has 0 saturated heterocycles. The highest BCUT2D eigenvalue weighted by Gasteiger charge is 2.27. The van der Waals surface area contributed by atoms with Crippen molar-refractivity contribution in [3.05, 3.63) is 111 Å². The fourth-order valence-electron chi connectivity index (χ4n) is 4.68. The summed E-state index contributed by atoms with van der Waals surface area (Å²) in [5.41, 5.74) is 8.54. The third-order valence-electron chi connectivity index (χ3n) is 6.67. The first-order valence-corrected chi connectivity index (χ1v) is 13.4. The number of aromatic nitrogens is 1. The van der Waals surface area contributed by atoms with Crippen LogP contribution in [0.4, 0.5) is 5.69 Å². The van der Waals surface area contributed by atoms with Gasteiger partial charge in [0.25, 0.3) is 5.56 Å². The zero-order valence-corrected chi connectivity index (χ0v) is 25.5. The topological polar surface area (TPSA) is 102 Å². The lowest BCUT2D eigenvalue weighted by Crippen LogP contribution is -2.27. The molecule has 4 aromatic carbocycles. The molecular formula is C32H28BrClN2O6. The number of benzene rings is 4. The number of nitrogens with two attached hydrogens (primary N) is 1.